The van der Waals surface area contributed by atoms with Crippen LogP contribution < -0.4 is 5.32 Å². The third-order valence-electron chi connectivity index (χ3n) is 3.90. The summed E-state index contributed by atoms with van der Waals surface area (Å²) in [5.41, 5.74) is 0.113. The average molecular weight is 311 g/mol. The van der Waals surface area contributed by atoms with Gasteiger partial charge in [-0.3, -0.25) is 9.59 Å². The van der Waals surface area contributed by atoms with Crippen LogP contribution in [0.4, 0.5) is 8.78 Å². The summed E-state index contributed by atoms with van der Waals surface area (Å²) in [6.45, 7) is 2.87. The van der Waals surface area contributed by atoms with Crippen molar-refractivity contribution < 1.29 is 18.4 Å². The fraction of sp³-hybridized carbons (Fsp3) is 0.467. The van der Waals surface area contributed by atoms with Crippen molar-refractivity contribution in [3.8, 4) is 0 Å². The van der Waals surface area contributed by atoms with Gasteiger partial charge in [0.15, 0.2) is 0 Å². The van der Waals surface area contributed by atoms with E-state index in [-0.39, 0.29) is 30.5 Å². The summed E-state index contributed by atoms with van der Waals surface area (Å²) in [6.07, 6.45) is 0. The van der Waals surface area contributed by atoms with Crippen molar-refractivity contribution >= 4 is 11.8 Å². The summed E-state index contributed by atoms with van der Waals surface area (Å²) in [6, 6.07) is 2.53. The normalized spacial score (nSPS) is 16.5. The summed E-state index contributed by atoms with van der Waals surface area (Å²) in [5, 5.41) is 2.92. The van der Waals surface area contributed by atoms with Crippen LogP contribution in [-0.2, 0) is 9.59 Å². The quantitative estimate of drug-likeness (QED) is 0.899. The fourth-order valence-corrected chi connectivity index (χ4v) is 2.35. The molecule has 1 aliphatic heterocycles. The molecule has 0 bridgehead atoms. The second-order valence-electron chi connectivity index (χ2n) is 5.34. The molecular formula is C15H19F2N3O2. The van der Waals surface area contributed by atoms with Crippen LogP contribution in [0.15, 0.2) is 18.2 Å². The molecule has 0 aliphatic carbocycles. The molecule has 2 rings (SSSR count). The van der Waals surface area contributed by atoms with Crippen LogP contribution in [0.1, 0.15) is 18.5 Å². The number of rotatable bonds is 4. The maximum atomic E-state index is 13.8. The van der Waals surface area contributed by atoms with Gasteiger partial charge in [-0.1, -0.05) is 0 Å². The first-order valence-electron chi connectivity index (χ1n) is 7.09. The molecule has 0 saturated carbocycles. The maximum Gasteiger partial charge on any atom is 0.242 e. The van der Waals surface area contributed by atoms with Gasteiger partial charge in [0.25, 0.3) is 0 Å². The number of piperazine rings is 1. The Morgan fingerprint density at radius 3 is 2.86 bits per heavy atom. The fourth-order valence-electron chi connectivity index (χ4n) is 2.35. The number of hydrogen-bond acceptors (Lipinski definition) is 3. The predicted molar refractivity (Wildman–Crippen MR) is 77.0 cm³/mol. The van der Waals surface area contributed by atoms with E-state index >= 15 is 0 Å². The largest absolute Gasteiger partial charge is 0.337 e. The molecule has 0 radical (unpaired) electrons. The number of carbonyl (C=O) groups is 2. The topological polar surface area (TPSA) is 52.7 Å². The first kappa shape index (κ1) is 16.4. The number of likely N-dealkylation sites (N-methyl/N-ethyl adjacent to an activating group) is 1. The molecule has 0 spiro atoms. The molecule has 1 fully saturated rings. The van der Waals surface area contributed by atoms with E-state index in [1.807, 2.05) is 0 Å². The highest BCUT2D eigenvalue weighted by molar-refractivity contribution is 5.86. The Labute approximate surface area is 127 Å². The summed E-state index contributed by atoms with van der Waals surface area (Å²) < 4.78 is 27.1. The van der Waals surface area contributed by atoms with Crippen LogP contribution in [-0.4, -0.2) is 54.8 Å². The Balaban J connectivity index is 2.06. The number of hydrogen-bond donors (Lipinski definition) is 1. The van der Waals surface area contributed by atoms with Crippen LogP contribution in [0.2, 0.25) is 0 Å². The summed E-state index contributed by atoms with van der Waals surface area (Å²) >= 11 is 0. The van der Waals surface area contributed by atoms with Crippen LogP contribution in [0.25, 0.3) is 0 Å². The monoisotopic (exact) mass is 311 g/mol. The van der Waals surface area contributed by atoms with Gasteiger partial charge in [0.1, 0.15) is 11.6 Å². The smallest absolute Gasteiger partial charge is 0.242 e. The molecule has 7 heteroatoms. The van der Waals surface area contributed by atoms with Crippen LogP contribution >= 0.6 is 0 Å². The second-order valence-corrected chi connectivity index (χ2v) is 5.34. The summed E-state index contributed by atoms with van der Waals surface area (Å²) in [5.74, 6) is -1.57. The SMILES string of the molecule is CC(c1cc(F)ccc1F)N(C)C(=O)CN1CCNCC1=O. The molecular weight excluding hydrogens is 292 g/mol. The molecule has 1 aromatic carbocycles. The molecule has 1 aromatic rings. The lowest BCUT2D eigenvalue weighted by Crippen LogP contribution is -2.51. The van der Waals surface area contributed by atoms with Crippen molar-refractivity contribution in [2.45, 2.75) is 13.0 Å². The Morgan fingerprint density at radius 2 is 2.18 bits per heavy atom. The average Bonchev–Trinajstić information content (AvgIpc) is 2.50. The summed E-state index contributed by atoms with van der Waals surface area (Å²) in [7, 11) is 1.52. The van der Waals surface area contributed by atoms with Crippen molar-refractivity contribution in [3.05, 3.63) is 35.4 Å². The van der Waals surface area contributed by atoms with Gasteiger partial charge < -0.3 is 15.1 Å². The molecule has 5 nitrogen and oxygen atoms in total. The van der Waals surface area contributed by atoms with E-state index < -0.39 is 17.7 Å². The van der Waals surface area contributed by atoms with Crippen molar-refractivity contribution in [1.29, 1.82) is 0 Å². The molecule has 1 unspecified atom stereocenters. The number of carbonyl (C=O) groups excluding carboxylic acids is 2. The van der Waals surface area contributed by atoms with Gasteiger partial charge in [0, 0.05) is 25.7 Å². The Kier molecular flexibility index (Phi) is 5.07. The summed E-state index contributed by atoms with van der Waals surface area (Å²) in [4.78, 5) is 26.7. The molecule has 1 aliphatic rings. The lowest BCUT2D eigenvalue weighted by Gasteiger charge is -2.31. The molecule has 120 valence electrons. The lowest BCUT2D eigenvalue weighted by molar-refractivity contribution is -0.141. The minimum atomic E-state index is -0.624. The minimum Gasteiger partial charge on any atom is -0.337 e. The van der Waals surface area contributed by atoms with Crippen molar-refractivity contribution in [2.24, 2.45) is 0 Å². The highest BCUT2D eigenvalue weighted by Gasteiger charge is 2.25. The Hall–Kier alpha value is -2.02. The van der Waals surface area contributed by atoms with Gasteiger partial charge in [-0.25, -0.2) is 8.78 Å². The lowest BCUT2D eigenvalue weighted by atomic mass is 10.1. The zero-order valence-corrected chi connectivity index (χ0v) is 12.6. The number of amides is 2. The van der Waals surface area contributed by atoms with Crippen molar-refractivity contribution in [1.82, 2.24) is 15.1 Å². The van der Waals surface area contributed by atoms with Crippen LogP contribution in [0, 0.1) is 11.6 Å². The van der Waals surface area contributed by atoms with Crippen LogP contribution in [0.3, 0.4) is 0 Å². The van der Waals surface area contributed by atoms with E-state index in [2.05, 4.69) is 5.32 Å². The number of halogens is 2. The molecule has 22 heavy (non-hydrogen) atoms. The van der Waals surface area contributed by atoms with Crippen LogP contribution in [0.5, 0.6) is 0 Å². The van der Waals surface area contributed by atoms with Gasteiger partial charge in [0.05, 0.1) is 19.1 Å². The first-order chi connectivity index (χ1) is 10.4. The second kappa shape index (κ2) is 6.83. The van der Waals surface area contributed by atoms with E-state index in [1.165, 1.54) is 16.8 Å². The van der Waals surface area contributed by atoms with Gasteiger partial charge in [-0.15, -0.1) is 0 Å². The number of benzene rings is 1. The molecule has 2 amide bonds. The first-order valence-corrected chi connectivity index (χ1v) is 7.09. The molecule has 1 heterocycles. The number of nitrogens with one attached hydrogen (secondary N) is 1. The molecule has 1 saturated heterocycles. The van der Waals surface area contributed by atoms with Gasteiger partial charge in [-0.05, 0) is 25.1 Å². The number of nitrogens with zero attached hydrogens (tertiary/aromatic N) is 2. The van der Waals surface area contributed by atoms with E-state index in [0.29, 0.717) is 13.1 Å². The third-order valence-corrected chi connectivity index (χ3v) is 3.90. The van der Waals surface area contributed by atoms with E-state index in [4.69, 9.17) is 0 Å². The van der Waals surface area contributed by atoms with Gasteiger partial charge in [-0.2, -0.15) is 0 Å². The molecule has 1 N–H and O–H groups in total. The van der Waals surface area contributed by atoms with E-state index in [0.717, 1.165) is 18.2 Å². The zero-order valence-electron chi connectivity index (χ0n) is 12.6. The highest BCUT2D eigenvalue weighted by atomic mass is 19.1. The predicted octanol–water partition coefficient (Wildman–Crippen LogP) is 0.916. The third kappa shape index (κ3) is 3.59. The van der Waals surface area contributed by atoms with Crippen molar-refractivity contribution in [2.75, 3.05) is 33.2 Å². The van der Waals surface area contributed by atoms with E-state index in [1.54, 1.807) is 6.92 Å². The standard InChI is InChI=1S/C15H19F2N3O2/c1-10(12-7-11(16)3-4-13(12)17)19(2)15(22)9-20-6-5-18-8-14(20)21/h3-4,7,10,18H,5-6,8-9H2,1-2H3. The van der Waals surface area contributed by atoms with Crippen molar-refractivity contribution in [3.63, 3.8) is 0 Å². The van der Waals surface area contributed by atoms with E-state index in [9.17, 15) is 18.4 Å². The van der Waals surface area contributed by atoms with Gasteiger partial charge >= 0.3 is 0 Å². The molecule has 1 atom stereocenters. The zero-order chi connectivity index (χ0) is 16.3. The molecule has 0 aromatic heterocycles. The Morgan fingerprint density at radius 1 is 1.45 bits per heavy atom. The van der Waals surface area contributed by atoms with Gasteiger partial charge in [0.2, 0.25) is 11.8 Å². The minimum absolute atomic E-state index is 0.0573. The Bertz CT molecular complexity index is 580. The highest BCUT2D eigenvalue weighted by Crippen LogP contribution is 2.23. The maximum absolute atomic E-state index is 13.8.